The molecule has 2 aromatic heterocycles. The Bertz CT molecular complexity index is 640. The van der Waals surface area contributed by atoms with Crippen LogP contribution in [-0.4, -0.2) is 29.3 Å². The number of hydrogen-bond acceptors (Lipinski definition) is 5. The van der Waals surface area contributed by atoms with E-state index in [1.807, 2.05) is 20.8 Å². The summed E-state index contributed by atoms with van der Waals surface area (Å²) in [4.78, 5) is 10.5. The van der Waals surface area contributed by atoms with Crippen LogP contribution in [0.3, 0.4) is 0 Å². The van der Waals surface area contributed by atoms with Crippen LogP contribution in [0.5, 0.6) is 0 Å². The minimum absolute atomic E-state index is 0.254. The summed E-state index contributed by atoms with van der Waals surface area (Å²) in [7, 11) is 0. The Morgan fingerprint density at radius 3 is 2.57 bits per heavy atom. The molecule has 116 valence electrons. The van der Waals surface area contributed by atoms with Crippen molar-refractivity contribution in [2.24, 2.45) is 0 Å². The number of ether oxygens (including phenoxy) is 1. The fourth-order valence-corrected chi connectivity index (χ4v) is 2.96. The highest BCUT2D eigenvalue weighted by molar-refractivity contribution is 7.18. The topological polar surface area (TPSA) is 47.0 Å². The zero-order valence-electron chi connectivity index (χ0n) is 12.0. The summed E-state index contributed by atoms with van der Waals surface area (Å²) in [6.45, 7) is 5.01. The van der Waals surface area contributed by atoms with Gasteiger partial charge in [-0.2, -0.15) is 13.2 Å². The van der Waals surface area contributed by atoms with Gasteiger partial charge in [0.2, 0.25) is 0 Å². The highest BCUT2D eigenvalue weighted by Gasteiger charge is 2.27. The lowest BCUT2D eigenvalue weighted by Gasteiger charge is -2.09. The van der Waals surface area contributed by atoms with E-state index >= 15 is 0 Å². The molecule has 0 aliphatic carbocycles. The van der Waals surface area contributed by atoms with E-state index in [1.165, 1.54) is 11.3 Å². The molecule has 0 bridgehead atoms. The van der Waals surface area contributed by atoms with Gasteiger partial charge < -0.3 is 10.1 Å². The molecule has 0 saturated heterocycles. The average Bonchev–Trinajstić information content (AvgIpc) is 2.64. The van der Waals surface area contributed by atoms with Crippen molar-refractivity contribution < 1.29 is 17.9 Å². The van der Waals surface area contributed by atoms with E-state index in [0.717, 1.165) is 20.7 Å². The minimum Gasteiger partial charge on any atom is -0.370 e. The van der Waals surface area contributed by atoms with Gasteiger partial charge in [-0.05, 0) is 26.3 Å². The molecule has 0 amide bonds. The Hall–Kier alpha value is -1.41. The van der Waals surface area contributed by atoms with E-state index in [1.54, 1.807) is 0 Å². The maximum atomic E-state index is 12.1. The van der Waals surface area contributed by atoms with E-state index in [-0.39, 0.29) is 12.4 Å². The summed E-state index contributed by atoms with van der Waals surface area (Å²) in [5, 5.41) is 4.06. The van der Waals surface area contributed by atoms with E-state index < -0.39 is 12.8 Å². The third kappa shape index (κ3) is 3.82. The van der Waals surface area contributed by atoms with Crippen LogP contribution in [-0.2, 0) is 11.3 Å². The number of rotatable bonds is 5. The smallest absolute Gasteiger partial charge is 0.370 e. The molecule has 2 aromatic rings. The molecule has 21 heavy (non-hydrogen) atoms. The maximum Gasteiger partial charge on any atom is 0.411 e. The van der Waals surface area contributed by atoms with E-state index in [4.69, 9.17) is 0 Å². The Morgan fingerprint density at radius 2 is 1.95 bits per heavy atom. The summed E-state index contributed by atoms with van der Waals surface area (Å²) < 4.78 is 40.9. The molecule has 8 heteroatoms. The van der Waals surface area contributed by atoms with Crippen molar-refractivity contribution >= 4 is 27.4 Å². The maximum absolute atomic E-state index is 12.1. The zero-order chi connectivity index (χ0) is 15.6. The number of aryl methyl sites for hydroxylation is 2. The molecule has 2 heterocycles. The second-order valence-electron chi connectivity index (χ2n) is 4.59. The molecule has 1 N–H and O–H groups in total. The monoisotopic (exact) mass is 319 g/mol. The summed E-state index contributed by atoms with van der Waals surface area (Å²) in [6, 6.07) is 0. The van der Waals surface area contributed by atoms with Crippen LogP contribution in [0, 0.1) is 13.8 Å². The van der Waals surface area contributed by atoms with Crippen molar-refractivity contribution in [1.82, 2.24) is 9.97 Å². The van der Waals surface area contributed by atoms with Gasteiger partial charge >= 0.3 is 6.18 Å². The molecule has 0 unspecified atom stereocenters. The number of hydrogen-bond donors (Lipinski definition) is 1. The van der Waals surface area contributed by atoms with Gasteiger partial charge in [0.15, 0.2) is 5.82 Å². The van der Waals surface area contributed by atoms with Crippen LogP contribution in [0.25, 0.3) is 10.2 Å². The SMILES string of the molecule is CCNc1nc(COCC(F)(F)F)nc2sc(C)c(C)c12. The summed E-state index contributed by atoms with van der Waals surface area (Å²) in [5.41, 5.74) is 1.09. The number of fused-ring (bicyclic) bond motifs is 1. The van der Waals surface area contributed by atoms with E-state index in [0.29, 0.717) is 12.4 Å². The van der Waals surface area contributed by atoms with Gasteiger partial charge in [-0.3, -0.25) is 0 Å². The largest absolute Gasteiger partial charge is 0.411 e. The molecule has 0 spiro atoms. The van der Waals surface area contributed by atoms with Gasteiger partial charge in [-0.15, -0.1) is 11.3 Å². The predicted octanol–water partition coefficient (Wildman–Crippen LogP) is 3.82. The fourth-order valence-electron chi connectivity index (χ4n) is 1.91. The van der Waals surface area contributed by atoms with Crippen molar-refractivity contribution in [2.75, 3.05) is 18.5 Å². The van der Waals surface area contributed by atoms with Crippen LogP contribution >= 0.6 is 11.3 Å². The van der Waals surface area contributed by atoms with Crippen molar-refractivity contribution in [3.63, 3.8) is 0 Å². The minimum atomic E-state index is -4.34. The van der Waals surface area contributed by atoms with Gasteiger partial charge in [0.1, 0.15) is 23.9 Å². The number of thiophene rings is 1. The van der Waals surface area contributed by atoms with Crippen molar-refractivity contribution in [1.29, 1.82) is 0 Å². The lowest BCUT2D eigenvalue weighted by molar-refractivity contribution is -0.177. The molecule has 0 fully saturated rings. The normalized spacial score (nSPS) is 12.1. The highest BCUT2D eigenvalue weighted by atomic mass is 32.1. The van der Waals surface area contributed by atoms with E-state index in [2.05, 4.69) is 20.0 Å². The molecular formula is C13H16F3N3OS. The van der Waals surface area contributed by atoms with Gasteiger partial charge in [-0.1, -0.05) is 0 Å². The highest BCUT2D eigenvalue weighted by Crippen LogP contribution is 2.33. The second kappa shape index (κ2) is 6.15. The molecule has 2 rings (SSSR count). The van der Waals surface area contributed by atoms with Crippen LogP contribution in [0.1, 0.15) is 23.2 Å². The Labute approximate surface area is 124 Å². The summed E-state index contributed by atoms with van der Waals surface area (Å²) in [5.74, 6) is 0.902. The van der Waals surface area contributed by atoms with E-state index in [9.17, 15) is 13.2 Å². The van der Waals surface area contributed by atoms with Crippen molar-refractivity contribution in [2.45, 2.75) is 33.6 Å². The zero-order valence-corrected chi connectivity index (χ0v) is 12.8. The first kappa shape index (κ1) is 16.0. The molecule has 0 radical (unpaired) electrons. The molecule has 0 aromatic carbocycles. The first-order valence-corrected chi connectivity index (χ1v) is 7.28. The van der Waals surface area contributed by atoms with Gasteiger partial charge in [0.25, 0.3) is 0 Å². The van der Waals surface area contributed by atoms with Gasteiger partial charge in [0.05, 0.1) is 5.39 Å². The number of anilines is 1. The standard InChI is InChI=1S/C13H16F3N3OS/c1-4-17-11-10-7(2)8(3)21-12(10)19-9(18-11)5-20-6-13(14,15)16/h4-6H2,1-3H3,(H,17,18,19). The lowest BCUT2D eigenvalue weighted by atomic mass is 10.2. The van der Waals surface area contributed by atoms with Crippen LogP contribution in [0.4, 0.5) is 19.0 Å². The van der Waals surface area contributed by atoms with Gasteiger partial charge in [0, 0.05) is 11.4 Å². The predicted molar refractivity (Wildman–Crippen MR) is 76.8 cm³/mol. The Balaban J connectivity index is 2.29. The molecule has 0 saturated carbocycles. The third-order valence-electron chi connectivity index (χ3n) is 2.92. The van der Waals surface area contributed by atoms with Gasteiger partial charge in [-0.25, -0.2) is 9.97 Å². The number of halogens is 3. The third-order valence-corrected chi connectivity index (χ3v) is 4.02. The molecule has 0 aliphatic heterocycles. The summed E-state index contributed by atoms with van der Waals surface area (Å²) in [6.07, 6.45) is -4.34. The van der Waals surface area contributed by atoms with Crippen LogP contribution in [0.15, 0.2) is 0 Å². The fraction of sp³-hybridized carbons (Fsp3) is 0.538. The molecule has 4 nitrogen and oxygen atoms in total. The summed E-state index contributed by atoms with van der Waals surface area (Å²) >= 11 is 1.50. The molecular weight excluding hydrogens is 303 g/mol. The van der Waals surface area contributed by atoms with Crippen molar-refractivity contribution in [3.8, 4) is 0 Å². The Kier molecular flexibility index (Phi) is 4.67. The van der Waals surface area contributed by atoms with Crippen LogP contribution < -0.4 is 5.32 Å². The molecule has 0 aliphatic rings. The van der Waals surface area contributed by atoms with Crippen LogP contribution in [0.2, 0.25) is 0 Å². The lowest BCUT2D eigenvalue weighted by Crippen LogP contribution is -2.17. The molecule has 0 atom stereocenters. The average molecular weight is 319 g/mol. The number of nitrogens with one attached hydrogen (secondary N) is 1. The quantitative estimate of drug-likeness (QED) is 0.910. The number of aromatic nitrogens is 2. The first-order chi connectivity index (χ1) is 9.81. The Morgan fingerprint density at radius 1 is 1.24 bits per heavy atom. The second-order valence-corrected chi connectivity index (χ2v) is 5.79. The first-order valence-electron chi connectivity index (χ1n) is 6.46. The number of nitrogens with zero attached hydrogens (tertiary/aromatic N) is 2. The number of alkyl halides is 3. The van der Waals surface area contributed by atoms with Crippen molar-refractivity contribution in [3.05, 3.63) is 16.3 Å².